The van der Waals surface area contributed by atoms with E-state index in [4.69, 9.17) is 4.74 Å². The third-order valence-corrected chi connectivity index (χ3v) is 7.50. The van der Waals surface area contributed by atoms with Crippen LogP contribution in [0.25, 0.3) is 0 Å². The van der Waals surface area contributed by atoms with Gasteiger partial charge in [0.2, 0.25) is 10.0 Å². The number of ether oxygens (including phenoxy) is 1. The lowest BCUT2D eigenvalue weighted by Crippen LogP contribution is -2.34. The fourth-order valence-electron chi connectivity index (χ4n) is 4.15. The molecule has 0 heterocycles. The second-order valence-electron chi connectivity index (χ2n) is 8.23. The fraction of sp³-hybridized carbons (Fsp3) is 0.269. The van der Waals surface area contributed by atoms with Gasteiger partial charge in [0.05, 0.1) is 24.2 Å². The first-order valence-corrected chi connectivity index (χ1v) is 12.4. The van der Waals surface area contributed by atoms with Crippen LogP contribution in [-0.4, -0.2) is 32.5 Å². The lowest BCUT2D eigenvalue weighted by Gasteiger charge is -2.19. The topological polar surface area (TPSA) is 92.7 Å². The SMILES string of the molecule is CCc1ccc(S(=O)(=O)N[C@@H]2c3cc(CC(=O)c4cccc(OC)c4)ccc3C[C@H]2O)cc1. The normalized spacial score (nSPS) is 17.5. The number of ketones is 1. The van der Waals surface area contributed by atoms with Crippen molar-refractivity contribution in [3.63, 3.8) is 0 Å². The average Bonchev–Trinajstić information content (AvgIpc) is 3.13. The van der Waals surface area contributed by atoms with Crippen molar-refractivity contribution >= 4 is 15.8 Å². The predicted molar refractivity (Wildman–Crippen MR) is 126 cm³/mol. The third kappa shape index (κ3) is 5.00. The second kappa shape index (κ2) is 9.47. The van der Waals surface area contributed by atoms with E-state index in [1.807, 2.05) is 25.1 Å². The van der Waals surface area contributed by atoms with Crippen molar-refractivity contribution in [1.29, 1.82) is 0 Å². The lowest BCUT2D eigenvalue weighted by atomic mass is 9.98. The summed E-state index contributed by atoms with van der Waals surface area (Å²) >= 11 is 0. The number of Topliss-reactive ketones (excluding diaryl/α,β-unsaturated/α-hetero) is 1. The molecular formula is C26H27NO5S. The molecule has 0 unspecified atom stereocenters. The molecule has 0 saturated heterocycles. The second-order valence-corrected chi connectivity index (χ2v) is 9.95. The highest BCUT2D eigenvalue weighted by molar-refractivity contribution is 7.89. The third-order valence-electron chi connectivity index (χ3n) is 6.04. The monoisotopic (exact) mass is 465 g/mol. The molecule has 1 aliphatic carbocycles. The van der Waals surface area contributed by atoms with Gasteiger partial charge in [-0.15, -0.1) is 0 Å². The van der Waals surface area contributed by atoms with Crippen LogP contribution in [0.5, 0.6) is 5.75 Å². The molecule has 33 heavy (non-hydrogen) atoms. The van der Waals surface area contributed by atoms with Crippen molar-refractivity contribution in [2.45, 2.75) is 43.2 Å². The minimum absolute atomic E-state index is 0.0689. The summed E-state index contributed by atoms with van der Waals surface area (Å²) in [4.78, 5) is 12.9. The van der Waals surface area contributed by atoms with Crippen LogP contribution in [0.1, 0.15) is 45.6 Å². The Morgan fingerprint density at radius 1 is 1.06 bits per heavy atom. The van der Waals surface area contributed by atoms with Crippen molar-refractivity contribution in [2.75, 3.05) is 7.11 Å². The van der Waals surface area contributed by atoms with E-state index in [-0.39, 0.29) is 17.1 Å². The van der Waals surface area contributed by atoms with Crippen LogP contribution in [0.15, 0.2) is 71.6 Å². The number of sulfonamides is 1. The Labute approximate surface area is 194 Å². The molecule has 0 radical (unpaired) electrons. The van der Waals surface area contributed by atoms with Gasteiger partial charge in [0.25, 0.3) is 0 Å². The van der Waals surface area contributed by atoms with Gasteiger partial charge in [-0.2, -0.15) is 0 Å². The van der Waals surface area contributed by atoms with E-state index in [2.05, 4.69) is 4.72 Å². The average molecular weight is 466 g/mol. The standard InChI is InChI=1S/C26H27NO5S/c1-3-17-8-11-22(12-9-17)33(30,31)27-26-23-13-18(7-10-19(23)16-25(26)29)14-24(28)20-5-4-6-21(15-20)32-2/h4-13,15,25-27,29H,3,14,16H2,1-2H3/t25-,26-/m1/s1. The van der Waals surface area contributed by atoms with Crippen LogP contribution in [0, 0.1) is 0 Å². The van der Waals surface area contributed by atoms with Gasteiger partial charge in [-0.1, -0.05) is 49.4 Å². The van der Waals surface area contributed by atoms with Gasteiger partial charge in [-0.05, 0) is 52.9 Å². The van der Waals surface area contributed by atoms with Gasteiger partial charge in [0, 0.05) is 18.4 Å². The molecule has 3 aromatic carbocycles. The van der Waals surface area contributed by atoms with E-state index in [9.17, 15) is 18.3 Å². The molecule has 0 fully saturated rings. The number of fused-ring (bicyclic) bond motifs is 1. The van der Waals surface area contributed by atoms with Crippen LogP contribution in [0.2, 0.25) is 0 Å². The summed E-state index contributed by atoms with van der Waals surface area (Å²) in [6.45, 7) is 2.00. The number of methoxy groups -OCH3 is 1. The van der Waals surface area contributed by atoms with Gasteiger partial charge < -0.3 is 9.84 Å². The molecule has 0 spiro atoms. The Bertz CT molecular complexity index is 1270. The Morgan fingerprint density at radius 2 is 1.79 bits per heavy atom. The molecule has 0 saturated carbocycles. The first-order valence-electron chi connectivity index (χ1n) is 10.9. The van der Waals surface area contributed by atoms with Crippen LogP contribution in [0.3, 0.4) is 0 Å². The predicted octanol–water partition coefficient (Wildman–Crippen LogP) is 3.62. The Balaban J connectivity index is 1.56. The van der Waals surface area contributed by atoms with Crippen LogP contribution in [-0.2, 0) is 29.3 Å². The van der Waals surface area contributed by atoms with E-state index >= 15 is 0 Å². The number of aliphatic hydroxyl groups excluding tert-OH is 1. The smallest absolute Gasteiger partial charge is 0.241 e. The summed E-state index contributed by atoms with van der Waals surface area (Å²) < 4.78 is 33.8. The molecule has 0 bridgehead atoms. The fourth-order valence-corrected chi connectivity index (χ4v) is 5.39. The molecule has 0 amide bonds. The lowest BCUT2D eigenvalue weighted by molar-refractivity contribution is 0.0992. The molecule has 0 aromatic heterocycles. The molecular weight excluding hydrogens is 438 g/mol. The van der Waals surface area contributed by atoms with E-state index in [0.717, 1.165) is 23.1 Å². The molecule has 2 atom stereocenters. The number of rotatable bonds is 8. The maximum atomic E-state index is 13.0. The number of carbonyl (C=O) groups is 1. The van der Waals surface area contributed by atoms with Crippen LogP contribution in [0.4, 0.5) is 0 Å². The van der Waals surface area contributed by atoms with Crippen LogP contribution < -0.4 is 9.46 Å². The Hall–Kier alpha value is -3.00. The van der Waals surface area contributed by atoms with Crippen molar-refractivity contribution < 1.29 is 23.1 Å². The Morgan fingerprint density at radius 3 is 2.48 bits per heavy atom. The van der Waals surface area contributed by atoms with Crippen molar-refractivity contribution in [2.24, 2.45) is 0 Å². The maximum Gasteiger partial charge on any atom is 0.241 e. The summed E-state index contributed by atoms with van der Waals surface area (Å²) in [7, 11) is -2.27. The number of aliphatic hydroxyl groups is 1. The molecule has 0 aliphatic heterocycles. The quantitative estimate of drug-likeness (QED) is 0.496. The van der Waals surface area contributed by atoms with E-state index in [0.29, 0.717) is 23.3 Å². The highest BCUT2D eigenvalue weighted by Gasteiger charge is 2.34. The zero-order chi connectivity index (χ0) is 23.6. The summed E-state index contributed by atoms with van der Waals surface area (Å²) in [6.07, 6.45) is 0.448. The van der Waals surface area contributed by atoms with Crippen LogP contribution >= 0.6 is 0 Å². The van der Waals surface area contributed by atoms with Gasteiger partial charge in [-0.3, -0.25) is 4.79 Å². The first-order chi connectivity index (χ1) is 15.8. The van der Waals surface area contributed by atoms with Crippen molar-refractivity contribution in [3.8, 4) is 5.75 Å². The van der Waals surface area contributed by atoms with Gasteiger partial charge >= 0.3 is 0 Å². The van der Waals surface area contributed by atoms with Crippen molar-refractivity contribution in [1.82, 2.24) is 4.72 Å². The van der Waals surface area contributed by atoms with E-state index < -0.39 is 22.2 Å². The zero-order valence-corrected chi connectivity index (χ0v) is 19.4. The van der Waals surface area contributed by atoms with E-state index in [1.165, 1.54) is 0 Å². The first kappa shape index (κ1) is 23.2. The molecule has 3 aromatic rings. The molecule has 4 rings (SSSR count). The summed E-state index contributed by atoms with van der Waals surface area (Å²) in [5, 5.41) is 10.6. The highest BCUT2D eigenvalue weighted by Crippen LogP contribution is 2.34. The van der Waals surface area contributed by atoms with Crippen molar-refractivity contribution in [3.05, 3.63) is 94.5 Å². The number of nitrogens with one attached hydrogen (secondary N) is 1. The van der Waals surface area contributed by atoms with Gasteiger partial charge in [0.1, 0.15) is 5.75 Å². The molecule has 172 valence electrons. The summed E-state index contributed by atoms with van der Waals surface area (Å²) in [5.41, 5.74) is 3.92. The molecule has 2 N–H and O–H groups in total. The molecule has 6 nitrogen and oxygen atoms in total. The molecule has 1 aliphatic rings. The number of aryl methyl sites for hydroxylation is 1. The Kier molecular flexibility index (Phi) is 6.65. The minimum Gasteiger partial charge on any atom is -0.497 e. The number of hydrogen-bond donors (Lipinski definition) is 2. The number of benzene rings is 3. The largest absolute Gasteiger partial charge is 0.497 e. The summed E-state index contributed by atoms with van der Waals surface area (Å²) in [5.74, 6) is 0.542. The number of hydrogen-bond acceptors (Lipinski definition) is 5. The van der Waals surface area contributed by atoms with E-state index in [1.54, 1.807) is 55.6 Å². The highest BCUT2D eigenvalue weighted by atomic mass is 32.2. The molecule has 7 heteroatoms. The zero-order valence-electron chi connectivity index (χ0n) is 18.6. The number of carbonyl (C=O) groups excluding carboxylic acids is 1. The maximum absolute atomic E-state index is 13.0. The van der Waals surface area contributed by atoms with Gasteiger partial charge in [0.15, 0.2) is 5.78 Å². The van der Waals surface area contributed by atoms with Gasteiger partial charge in [-0.25, -0.2) is 13.1 Å². The minimum atomic E-state index is -3.82. The summed E-state index contributed by atoms with van der Waals surface area (Å²) in [6, 6.07) is 18.5.